The molecule has 0 heterocycles. The van der Waals surface area contributed by atoms with Gasteiger partial charge in [-0.3, -0.25) is 14.9 Å². The minimum atomic E-state index is -0.321. The zero-order valence-corrected chi connectivity index (χ0v) is 11.0. The van der Waals surface area contributed by atoms with E-state index in [9.17, 15) is 9.59 Å². The predicted molar refractivity (Wildman–Crippen MR) is 70.5 cm³/mol. The second-order valence-corrected chi connectivity index (χ2v) is 3.75. The maximum Gasteiger partial charge on any atom is 0.233 e. The third kappa shape index (κ3) is 5.52. The van der Waals surface area contributed by atoms with Crippen LogP contribution in [0.4, 0.5) is 0 Å². The minimum absolute atomic E-state index is 0.248. The van der Waals surface area contributed by atoms with Crippen molar-refractivity contribution in [3.8, 4) is 0 Å². The first-order valence-electron chi connectivity index (χ1n) is 5.97. The summed E-state index contributed by atoms with van der Waals surface area (Å²) in [6.07, 6.45) is 5.25. The maximum atomic E-state index is 11.5. The lowest BCUT2D eigenvalue weighted by atomic mass is 9.82. The van der Waals surface area contributed by atoms with Gasteiger partial charge in [-0.1, -0.05) is 31.6 Å². The third-order valence-corrected chi connectivity index (χ3v) is 2.46. The molecule has 0 saturated carbocycles. The van der Waals surface area contributed by atoms with E-state index in [0.29, 0.717) is 0 Å². The van der Waals surface area contributed by atoms with Gasteiger partial charge in [-0.2, -0.15) is 0 Å². The molecule has 0 aromatic carbocycles. The average Bonchev–Trinajstić information content (AvgIpc) is 2.31. The molecule has 1 aliphatic carbocycles. The number of nitrogens with one attached hydrogen (secondary N) is 1. The second kappa shape index (κ2) is 7.88. The van der Waals surface area contributed by atoms with Gasteiger partial charge in [0.1, 0.15) is 7.85 Å². The Morgan fingerprint density at radius 2 is 1.88 bits per heavy atom. The van der Waals surface area contributed by atoms with Crippen LogP contribution < -0.4 is 5.32 Å². The molecule has 0 spiro atoms. The Kier molecular flexibility index (Phi) is 7.27. The SMILES string of the molecule is CC.[B]C1=CC=C(C(C)C(=O)NC(C)=O)CC1. The average molecular weight is 233 g/mol. The van der Waals surface area contributed by atoms with Crippen LogP contribution in [0.15, 0.2) is 23.2 Å². The van der Waals surface area contributed by atoms with Crippen molar-refractivity contribution in [3.63, 3.8) is 0 Å². The molecular weight excluding hydrogens is 213 g/mol. The van der Waals surface area contributed by atoms with Crippen molar-refractivity contribution in [2.24, 2.45) is 5.92 Å². The summed E-state index contributed by atoms with van der Waals surface area (Å²) in [5, 5.41) is 2.28. The molecular formula is C13H20BNO2. The van der Waals surface area contributed by atoms with Crippen LogP contribution in [-0.2, 0) is 9.59 Å². The van der Waals surface area contributed by atoms with Crippen LogP contribution in [-0.4, -0.2) is 19.7 Å². The summed E-state index contributed by atoms with van der Waals surface area (Å²) in [4.78, 5) is 22.2. The van der Waals surface area contributed by atoms with Crippen molar-refractivity contribution in [1.29, 1.82) is 0 Å². The van der Waals surface area contributed by atoms with Gasteiger partial charge >= 0.3 is 0 Å². The summed E-state index contributed by atoms with van der Waals surface area (Å²) in [7, 11) is 5.62. The maximum absolute atomic E-state index is 11.5. The van der Waals surface area contributed by atoms with E-state index < -0.39 is 0 Å². The zero-order chi connectivity index (χ0) is 13.4. The first-order valence-corrected chi connectivity index (χ1v) is 5.97. The standard InChI is InChI=1S/C11H14BNO2.C2H6/c1-7(11(15)13-8(2)14)9-3-5-10(12)6-4-9;1-2/h3,5,7H,4,6H2,1-2H3,(H,13,14,15);1-2H3. The van der Waals surface area contributed by atoms with E-state index in [1.54, 1.807) is 6.92 Å². The van der Waals surface area contributed by atoms with Gasteiger partial charge in [-0.25, -0.2) is 0 Å². The van der Waals surface area contributed by atoms with Crippen LogP contribution in [0.25, 0.3) is 0 Å². The lowest BCUT2D eigenvalue weighted by molar-refractivity contribution is -0.130. The fourth-order valence-electron chi connectivity index (χ4n) is 1.48. The van der Waals surface area contributed by atoms with Crippen LogP contribution in [0.5, 0.6) is 0 Å². The smallest absolute Gasteiger partial charge is 0.233 e. The number of carbonyl (C=O) groups excluding carboxylic acids is 2. The van der Waals surface area contributed by atoms with E-state index in [1.165, 1.54) is 6.92 Å². The second-order valence-electron chi connectivity index (χ2n) is 3.75. The Labute approximate surface area is 105 Å². The molecule has 2 amide bonds. The van der Waals surface area contributed by atoms with Gasteiger partial charge in [-0.15, -0.1) is 5.47 Å². The van der Waals surface area contributed by atoms with Crippen molar-refractivity contribution in [2.75, 3.05) is 0 Å². The molecule has 0 aromatic rings. The highest BCUT2D eigenvalue weighted by Crippen LogP contribution is 2.23. The van der Waals surface area contributed by atoms with Crippen LogP contribution in [0.2, 0.25) is 0 Å². The van der Waals surface area contributed by atoms with Gasteiger partial charge in [0.2, 0.25) is 11.8 Å². The van der Waals surface area contributed by atoms with Gasteiger partial charge in [0.05, 0.1) is 5.92 Å². The number of hydrogen-bond acceptors (Lipinski definition) is 2. The van der Waals surface area contributed by atoms with Crippen molar-refractivity contribution in [3.05, 3.63) is 23.2 Å². The molecule has 0 saturated heterocycles. The van der Waals surface area contributed by atoms with E-state index in [4.69, 9.17) is 7.85 Å². The van der Waals surface area contributed by atoms with Crippen molar-refractivity contribution < 1.29 is 9.59 Å². The zero-order valence-electron chi connectivity index (χ0n) is 11.0. The van der Waals surface area contributed by atoms with E-state index in [-0.39, 0.29) is 17.7 Å². The number of imide groups is 1. The molecule has 92 valence electrons. The van der Waals surface area contributed by atoms with Crippen LogP contribution in [0.1, 0.15) is 40.5 Å². The minimum Gasteiger partial charge on any atom is -0.296 e. The highest BCUT2D eigenvalue weighted by atomic mass is 16.2. The Balaban J connectivity index is 0.00000121. The molecule has 1 atom stereocenters. The summed E-state index contributed by atoms with van der Waals surface area (Å²) in [5.74, 6) is -0.834. The largest absolute Gasteiger partial charge is 0.296 e. The Morgan fingerprint density at radius 3 is 2.29 bits per heavy atom. The quantitative estimate of drug-likeness (QED) is 0.742. The van der Waals surface area contributed by atoms with Gasteiger partial charge in [0.15, 0.2) is 0 Å². The van der Waals surface area contributed by atoms with E-state index in [0.717, 1.165) is 23.9 Å². The molecule has 0 fully saturated rings. The molecule has 1 rings (SSSR count). The van der Waals surface area contributed by atoms with Crippen molar-refractivity contribution in [2.45, 2.75) is 40.5 Å². The third-order valence-electron chi connectivity index (χ3n) is 2.46. The first kappa shape index (κ1) is 15.7. The normalized spacial score (nSPS) is 15.8. The molecule has 3 nitrogen and oxygen atoms in total. The Bertz CT molecular complexity index is 345. The predicted octanol–water partition coefficient (Wildman–Crippen LogP) is 2.08. The molecule has 2 radical (unpaired) electrons. The van der Waals surface area contributed by atoms with E-state index >= 15 is 0 Å². The fourth-order valence-corrected chi connectivity index (χ4v) is 1.48. The molecule has 1 aliphatic rings. The fraction of sp³-hybridized carbons (Fsp3) is 0.538. The van der Waals surface area contributed by atoms with Crippen LogP contribution in [0, 0.1) is 5.92 Å². The van der Waals surface area contributed by atoms with Crippen molar-refractivity contribution >= 4 is 19.7 Å². The monoisotopic (exact) mass is 233 g/mol. The number of carbonyl (C=O) groups is 2. The summed E-state index contributed by atoms with van der Waals surface area (Å²) in [5.41, 5.74) is 1.85. The highest BCUT2D eigenvalue weighted by molar-refractivity contribution is 6.21. The van der Waals surface area contributed by atoms with Crippen molar-refractivity contribution in [1.82, 2.24) is 5.32 Å². The summed E-state index contributed by atoms with van der Waals surface area (Å²) in [6, 6.07) is 0. The summed E-state index contributed by atoms with van der Waals surface area (Å²) < 4.78 is 0. The highest BCUT2D eigenvalue weighted by Gasteiger charge is 2.19. The first-order chi connectivity index (χ1) is 8.00. The lowest BCUT2D eigenvalue weighted by Crippen LogP contribution is -2.33. The number of hydrogen-bond donors (Lipinski definition) is 1. The van der Waals surface area contributed by atoms with Crippen LogP contribution >= 0.6 is 0 Å². The van der Waals surface area contributed by atoms with Gasteiger partial charge in [0.25, 0.3) is 0 Å². The van der Waals surface area contributed by atoms with E-state index in [2.05, 4.69) is 5.32 Å². The summed E-state index contributed by atoms with van der Waals surface area (Å²) >= 11 is 0. The van der Waals surface area contributed by atoms with Crippen LogP contribution in [0.3, 0.4) is 0 Å². The van der Waals surface area contributed by atoms with Gasteiger partial charge in [-0.05, 0) is 19.8 Å². The van der Waals surface area contributed by atoms with Gasteiger partial charge < -0.3 is 0 Å². The number of amides is 2. The molecule has 0 bridgehead atoms. The van der Waals surface area contributed by atoms with E-state index in [1.807, 2.05) is 26.0 Å². The molecule has 1 unspecified atom stereocenters. The Hall–Kier alpha value is -1.32. The van der Waals surface area contributed by atoms with Gasteiger partial charge in [0, 0.05) is 6.92 Å². The molecule has 0 aliphatic heterocycles. The number of allylic oxidation sites excluding steroid dienone is 3. The summed E-state index contributed by atoms with van der Waals surface area (Å²) in [6.45, 7) is 7.12. The Morgan fingerprint density at radius 1 is 1.29 bits per heavy atom. The molecule has 1 N–H and O–H groups in total. The topological polar surface area (TPSA) is 46.2 Å². The lowest BCUT2D eigenvalue weighted by Gasteiger charge is -2.18. The molecule has 4 heteroatoms. The molecule has 0 aromatic heterocycles. The number of rotatable bonds is 2. The molecule has 17 heavy (non-hydrogen) atoms.